The zero-order valence-electron chi connectivity index (χ0n) is 16.5. The number of benzene rings is 2. The summed E-state index contributed by atoms with van der Waals surface area (Å²) in [7, 11) is 0. The molecule has 1 saturated heterocycles. The lowest BCUT2D eigenvalue weighted by Crippen LogP contribution is -2.40. The first-order valence-electron chi connectivity index (χ1n) is 9.99. The largest absolute Gasteiger partial charge is 0.426 e. The minimum absolute atomic E-state index is 0.0445. The van der Waals surface area contributed by atoms with Crippen LogP contribution in [0, 0.1) is 0 Å². The van der Waals surface area contributed by atoms with Crippen LogP contribution in [0.3, 0.4) is 0 Å². The predicted molar refractivity (Wildman–Crippen MR) is 109 cm³/mol. The summed E-state index contributed by atoms with van der Waals surface area (Å²) in [5.41, 5.74) is 2.99. The molecule has 0 aromatic heterocycles. The number of anilines is 1. The summed E-state index contributed by atoms with van der Waals surface area (Å²) in [6.45, 7) is 2.85. The summed E-state index contributed by atoms with van der Waals surface area (Å²) in [5, 5.41) is 0. The zero-order valence-corrected chi connectivity index (χ0v) is 16.5. The van der Waals surface area contributed by atoms with Crippen molar-refractivity contribution in [2.75, 3.05) is 18.0 Å². The van der Waals surface area contributed by atoms with Crippen LogP contribution in [0.1, 0.15) is 43.4 Å². The Kier molecular flexibility index (Phi) is 5.34. The Labute approximate surface area is 170 Å². The molecule has 0 bridgehead atoms. The molecule has 2 aromatic carbocycles. The molecule has 4 rings (SSSR count). The Bertz CT molecular complexity index is 938. The summed E-state index contributed by atoms with van der Waals surface area (Å²) >= 11 is 0. The maximum absolute atomic E-state index is 12.6. The number of amides is 2. The van der Waals surface area contributed by atoms with Gasteiger partial charge in [-0.25, -0.2) is 0 Å². The van der Waals surface area contributed by atoms with E-state index in [0.717, 1.165) is 30.6 Å². The van der Waals surface area contributed by atoms with E-state index >= 15 is 0 Å². The lowest BCUT2D eigenvalue weighted by atomic mass is 9.90. The van der Waals surface area contributed by atoms with Crippen LogP contribution in [0.25, 0.3) is 0 Å². The molecule has 29 heavy (non-hydrogen) atoms. The molecule has 2 aliphatic rings. The Morgan fingerprint density at radius 1 is 1.03 bits per heavy atom. The van der Waals surface area contributed by atoms with E-state index in [-0.39, 0.29) is 30.2 Å². The van der Waals surface area contributed by atoms with E-state index in [2.05, 4.69) is 0 Å². The van der Waals surface area contributed by atoms with Gasteiger partial charge in [0.25, 0.3) is 0 Å². The summed E-state index contributed by atoms with van der Waals surface area (Å²) in [6.07, 6.45) is 2.33. The monoisotopic (exact) mass is 392 g/mol. The van der Waals surface area contributed by atoms with Crippen molar-refractivity contribution < 1.29 is 19.1 Å². The molecule has 0 spiro atoms. The zero-order chi connectivity index (χ0) is 20.4. The molecule has 0 aliphatic carbocycles. The van der Waals surface area contributed by atoms with E-state index in [4.69, 9.17) is 4.74 Å². The molecule has 1 atom stereocenters. The molecule has 2 amide bonds. The van der Waals surface area contributed by atoms with Crippen LogP contribution in [0.2, 0.25) is 0 Å². The van der Waals surface area contributed by atoms with E-state index in [0.29, 0.717) is 18.7 Å². The van der Waals surface area contributed by atoms with E-state index in [1.165, 1.54) is 12.5 Å². The highest BCUT2D eigenvalue weighted by Gasteiger charge is 2.31. The van der Waals surface area contributed by atoms with E-state index in [9.17, 15) is 14.4 Å². The van der Waals surface area contributed by atoms with Crippen LogP contribution in [0.15, 0.2) is 48.5 Å². The third-order valence-electron chi connectivity index (χ3n) is 5.63. The van der Waals surface area contributed by atoms with E-state index in [1.54, 1.807) is 34.1 Å². The number of carbonyl (C=O) groups is 3. The molecule has 6 heteroatoms. The van der Waals surface area contributed by atoms with Gasteiger partial charge in [0.15, 0.2) is 0 Å². The Balaban J connectivity index is 1.46. The highest BCUT2D eigenvalue weighted by molar-refractivity contribution is 5.95. The molecule has 2 heterocycles. The third-order valence-corrected chi connectivity index (χ3v) is 5.63. The van der Waals surface area contributed by atoms with Gasteiger partial charge in [0.05, 0.1) is 12.5 Å². The summed E-state index contributed by atoms with van der Waals surface area (Å²) < 4.78 is 5.52. The number of rotatable bonds is 4. The lowest BCUT2D eigenvalue weighted by molar-refractivity contribution is -0.138. The SMILES string of the molecule is CC(=O)N1CCc2ccccc2C1CC(=O)Oc1ccc(N2CCCC2=O)cc1. The molecule has 2 aromatic rings. The van der Waals surface area contributed by atoms with Crippen molar-refractivity contribution in [2.24, 2.45) is 0 Å². The maximum atomic E-state index is 12.6. The lowest BCUT2D eigenvalue weighted by Gasteiger charge is -2.36. The van der Waals surface area contributed by atoms with Gasteiger partial charge in [-0.2, -0.15) is 0 Å². The van der Waals surface area contributed by atoms with Gasteiger partial charge in [-0.1, -0.05) is 24.3 Å². The smallest absolute Gasteiger partial charge is 0.313 e. The number of carbonyl (C=O) groups excluding carboxylic acids is 3. The van der Waals surface area contributed by atoms with Gasteiger partial charge >= 0.3 is 5.97 Å². The Morgan fingerprint density at radius 3 is 2.48 bits per heavy atom. The number of hydrogen-bond donors (Lipinski definition) is 0. The number of hydrogen-bond acceptors (Lipinski definition) is 4. The summed E-state index contributed by atoms with van der Waals surface area (Å²) in [6, 6.07) is 14.6. The second kappa shape index (κ2) is 8.07. The van der Waals surface area contributed by atoms with E-state index < -0.39 is 0 Å². The fraction of sp³-hybridized carbons (Fsp3) is 0.348. The maximum Gasteiger partial charge on any atom is 0.313 e. The topological polar surface area (TPSA) is 66.9 Å². The first-order chi connectivity index (χ1) is 14.0. The standard InChI is InChI=1S/C23H24N2O4/c1-16(26)24-14-12-17-5-2-3-6-20(17)21(24)15-23(28)29-19-10-8-18(9-11-19)25-13-4-7-22(25)27/h2-3,5-6,8-11,21H,4,7,12-15H2,1H3. The molecule has 1 unspecified atom stereocenters. The molecular weight excluding hydrogens is 368 g/mol. The third kappa shape index (κ3) is 4.01. The van der Waals surface area contributed by atoms with Gasteiger partial charge in [0.1, 0.15) is 5.75 Å². The van der Waals surface area contributed by atoms with Crippen LogP contribution in [-0.4, -0.2) is 35.8 Å². The van der Waals surface area contributed by atoms with Crippen LogP contribution in [0.4, 0.5) is 5.69 Å². The average molecular weight is 392 g/mol. The van der Waals surface area contributed by atoms with Gasteiger partial charge in [-0.05, 0) is 48.2 Å². The quantitative estimate of drug-likeness (QED) is 0.592. The molecule has 0 radical (unpaired) electrons. The van der Waals surface area contributed by atoms with Crippen molar-refractivity contribution in [1.82, 2.24) is 4.90 Å². The molecule has 1 fully saturated rings. The highest BCUT2D eigenvalue weighted by Crippen LogP contribution is 2.33. The average Bonchev–Trinajstić information content (AvgIpc) is 3.14. The van der Waals surface area contributed by atoms with Gasteiger partial charge in [0.2, 0.25) is 11.8 Å². The van der Waals surface area contributed by atoms with Crippen molar-refractivity contribution in [1.29, 1.82) is 0 Å². The second-order valence-corrected chi connectivity index (χ2v) is 7.50. The van der Waals surface area contributed by atoms with Gasteiger partial charge in [0, 0.05) is 32.1 Å². The number of fused-ring (bicyclic) bond motifs is 1. The second-order valence-electron chi connectivity index (χ2n) is 7.50. The van der Waals surface area contributed by atoms with Gasteiger partial charge < -0.3 is 14.5 Å². The number of ether oxygens (including phenoxy) is 1. The molecule has 0 N–H and O–H groups in total. The fourth-order valence-corrected chi connectivity index (χ4v) is 4.19. The van der Waals surface area contributed by atoms with E-state index in [1.807, 2.05) is 24.3 Å². The fourth-order valence-electron chi connectivity index (χ4n) is 4.19. The first kappa shape index (κ1) is 19.2. The molecular formula is C23H24N2O4. The van der Waals surface area contributed by atoms with Gasteiger partial charge in [-0.3, -0.25) is 14.4 Å². The Morgan fingerprint density at radius 2 is 1.79 bits per heavy atom. The van der Waals surface area contributed by atoms with Crippen molar-refractivity contribution in [3.63, 3.8) is 0 Å². The molecule has 150 valence electrons. The van der Waals surface area contributed by atoms with Crippen LogP contribution in [-0.2, 0) is 20.8 Å². The van der Waals surface area contributed by atoms with Crippen molar-refractivity contribution in [2.45, 2.75) is 38.6 Å². The number of nitrogens with zero attached hydrogens (tertiary/aromatic N) is 2. The normalized spacial score (nSPS) is 18.5. The summed E-state index contributed by atoms with van der Waals surface area (Å²) in [4.78, 5) is 40.1. The molecule has 2 aliphatic heterocycles. The highest BCUT2D eigenvalue weighted by atomic mass is 16.5. The van der Waals surface area contributed by atoms with Gasteiger partial charge in [-0.15, -0.1) is 0 Å². The number of esters is 1. The van der Waals surface area contributed by atoms with Crippen molar-refractivity contribution >= 4 is 23.5 Å². The predicted octanol–water partition coefficient (Wildman–Crippen LogP) is 3.25. The van der Waals surface area contributed by atoms with Crippen molar-refractivity contribution in [3.05, 3.63) is 59.7 Å². The van der Waals surface area contributed by atoms with Crippen LogP contribution >= 0.6 is 0 Å². The molecule has 6 nitrogen and oxygen atoms in total. The Hall–Kier alpha value is -3.15. The van der Waals surface area contributed by atoms with Crippen molar-refractivity contribution in [3.8, 4) is 5.75 Å². The molecule has 0 saturated carbocycles. The first-order valence-corrected chi connectivity index (χ1v) is 9.99. The summed E-state index contributed by atoms with van der Waals surface area (Å²) in [5.74, 6) is 0.124. The minimum Gasteiger partial charge on any atom is -0.426 e. The van der Waals surface area contributed by atoms with Crippen LogP contribution < -0.4 is 9.64 Å². The minimum atomic E-state index is -0.386. The van der Waals surface area contributed by atoms with Crippen LogP contribution in [0.5, 0.6) is 5.75 Å².